The number of carbonyl (C=O) groups excluding carboxylic acids is 1. The van der Waals surface area contributed by atoms with Gasteiger partial charge < -0.3 is 11.1 Å². The average molecular weight is 291 g/mol. The zero-order valence-corrected chi connectivity index (χ0v) is 12.1. The third-order valence-corrected chi connectivity index (χ3v) is 4.19. The quantitative estimate of drug-likeness (QED) is 0.881. The normalized spacial score (nSPS) is 17.2. The fraction of sp³-hybridized carbons (Fsp3) is 0.727. The molecule has 1 heterocycles. The van der Waals surface area contributed by atoms with Crippen molar-refractivity contribution in [2.24, 2.45) is 5.73 Å². The van der Waals surface area contributed by atoms with Crippen molar-refractivity contribution in [2.75, 3.05) is 6.54 Å². The van der Waals surface area contributed by atoms with Crippen LogP contribution in [0.5, 0.6) is 0 Å². The van der Waals surface area contributed by atoms with Gasteiger partial charge in [-0.1, -0.05) is 24.3 Å². The number of aromatic nitrogens is 2. The predicted octanol–water partition coefficient (Wildman–Crippen LogP) is 1.52. The van der Waals surface area contributed by atoms with Crippen LogP contribution in [0.2, 0.25) is 0 Å². The number of rotatable bonds is 4. The largest absolute Gasteiger partial charge is 0.345 e. The van der Waals surface area contributed by atoms with E-state index < -0.39 is 0 Å². The number of carbonyl (C=O) groups is 1. The monoisotopic (exact) mass is 290 g/mol. The first-order valence-corrected chi connectivity index (χ1v) is 6.82. The lowest BCUT2D eigenvalue weighted by molar-refractivity contribution is 0.0906. The highest BCUT2D eigenvalue weighted by Gasteiger charge is 2.34. The van der Waals surface area contributed by atoms with E-state index in [0.717, 1.165) is 49.3 Å². The van der Waals surface area contributed by atoms with Gasteiger partial charge in [0, 0.05) is 6.54 Å². The van der Waals surface area contributed by atoms with Crippen LogP contribution in [0, 0.1) is 0 Å². The van der Waals surface area contributed by atoms with Crippen LogP contribution in [0.3, 0.4) is 0 Å². The Balaban J connectivity index is 0.00000162. The Labute approximate surface area is 117 Å². The lowest BCUT2D eigenvalue weighted by Gasteiger charge is -2.28. The molecule has 1 saturated carbocycles. The van der Waals surface area contributed by atoms with Gasteiger partial charge in [0.2, 0.25) is 0 Å². The number of hydrogen-bond acceptors (Lipinski definition) is 5. The van der Waals surface area contributed by atoms with Gasteiger partial charge in [-0.3, -0.25) is 4.79 Å². The lowest BCUT2D eigenvalue weighted by atomic mass is 9.97. The number of hydrogen-bond donors (Lipinski definition) is 2. The lowest BCUT2D eigenvalue weighted by Crippen LogP contribution is -2.51. The minimum Gasteiger partial charge on any atom is -0.345 e. The minimum absolute atomic E-state index is 0. The first-order valence-electron chi connectivity index (χ1n) is 6.04. The van der Waals surface area contributed by atoms with Crippen LogP contribution in [-0.4, -0.2) is 27.6 Å². The number of aryl methyl sites for hydroxylation is 1. The second-order valence-electron chi connectivity index (χ2n) is 4.55. The summed E-state index contributed by atoms with van der Waals surface area (Å²) in [5.41, 5.74) is 6.37. The molecule has 5 nitrogen and oxygen atoms in total. The molecule has 1 aliphatic carbocycles. The van der Waals surface area contributed by atoms with Gasteiger partial charge >= 0.3 is 0 Å². The second-order valence-corrected chi connectivity index (χ2v) is 5.30. The summed E-state index contributed by atoms with van der Waals surface area (Å²) in [7, 11) is 0. The maximum absolute atomic E-state index is 12.2. The van der Waals surface area contributed by atoms with Crippen LogP contribution in [0.4, 0.5) is 0 Å². The van der Waals surface area contributed by atoms with Crippen molar-refractivity contribution in [3.05, 3.63) is 10.6 Å². The van der Waals surface area contributed by atoms with Gasteiger partial charge in [-0.2, -0.15) is 0 Å². The van der Waals surface area contributed by atoms with Gasteiger partial charge in [0.1, 0.15) is 4.88 Å². The van der Waals surface area contributed by atoms with Crippen molar-refractivity contribution >= 4 is 29.8 Å². The number of nitrogens with two attached hydrogens (primary N) is 1. The summed E-state index contributed by atoms with van der Waals surface area (Å²) in [5, 5.41) is 7.04. The van der Waals surface area contributed by atoms with Gasteiger partial charge in [-0.25, -0.2) is 0 Å². The number of nitrogens with one attached hydrogen (secondary N) is 1. The molecule has 1 aromatic rings. The van der Waals surface area contributed by atoms with Gasteiger partial charge in [0.05, 0.1) is 11.2 Å². The Morgan fingerprint density at radius 2 is 2.17 bits per heavy atom. The Hall–Kier alpha value is -0.720. The fourth-order valence-electron chi connectivity index (χ4n) is 2.34. The second kappa shape index (κ2) is 6.45. The zero-order valence-electron chi connectivity index (χ0n) is 10.4. The summed E-state index contributed by atoms with van der Waals surface area (Å²) < 4.78 is 3.84. The number of amides is 1. The SMILES string of the molecule is CCc1nnsc1C(=O)NC1(CN)CCCC1.Cl. The van der Waals surface area contributed by atoms with E-state index in [9.17, 15) is 4.79 Å². The maximum Gasteiger partial charge on any atom is 0.265 e. The number of halogens is 1. The van der Waals surface area contributed by atoms with Crippen molar-refractivity contribution in [3.63, 3.8) is 0 Å². The van der Waals surface area contributed by atoms with Crippen molar-refractivity contribution in [3.8, 4) is 0 Å². The third kappa shape index (κ3) is 2.99. The highest BCUT2D eigenvalue weighted by Crippen LogP contribution is 2.29. The predicted molar refractivity (Wildman–Crippen MR) is 74.3 cm³/mol. The van der Waals surface area contributed by atoms with Gasteiger partial charge in [0.25, 0.3) is 5.91 Å². The van der Waals surface area contributed by atoms with Crippen molar-refractivity contribution < 1.29 is 4.79 Å². The number of nitrogens with zero attached hydrogens (tertiary/aromatic N) is 2. The molecule has 0 saturated heterocycles. The van der Waals surface area contributed by atoms with Gasteiger partial charge in [0.15, 0.2) is 0 Å². The van der Waals surface area contributed by atoms with E-state index in [1.807, 2.05) is 6.92 Å². The molecule has 0 bridgehead atoms. The van der Waals surface area contributed by atoms with Crippen LogP contribution in [0.25, 0.3) is 0 Å². The van der Waals surface area contributed by atoms with E-state index in [0.29, 0.717) is 11.4 Å². The third-order valence-electron chi connectivity index (χ3n) is 3.43. The molecule has 7 heteroatoms. The molecular formula is C11H19ClN4OS. The molecule has 0 spiro atoms. The molecule has 3 N–H and O–H groups in total. The molecule has 18 heavy (non-hydrogen) atoms. The molecule has 0 atom stereocenters. The van der Waals surface area contributed by atoms with E-state index >= 15 is 0 Å². The molecule has 0 aromatic carbocycles. The highest BCUT2D eigenvalue weighted by molar-refractivity contribution is 7.08. The minimum atomic E-state index is -0.202. The zero-order chi connectivity index (χ0) is 12.3. The average Bonchev–Trinajstić information content (AvgIpc) is 2.97. The maximum atomic E-state index is 12.2. The molecule has 1 amide bonds. The van der Waals surface area contributed by atoms with Gasteiger partial charge in [-0.15, -0.1) is 17.5 Å². The standard InChI is InChI=1S/C11H18N4OS.ClH/c1-2-8-9(17-15-14-8)10(16)13-11(7-12)5-3-4-6-11;/h2-7,12H2,1H3,(H,13,16);1H. The van der Waals surface area contributed by atoms with E-state index in [2.05, 4.69) is 14.9 Å². The molecule has 1 fully saturated rings. The Morgan fingerprint density at radius 3 is 2.72 bits per heavy atom. The summed E-state index contributed by atoms with van der Waals surface area (Å²) in [6, 6.07) is 0. The van der Waals surface area contributed by atoms with Gasteiger partial charge in [-0.05, 0) is 30.8 Å². The van der Waals surface area contributed by atoms with E-state index in [4.69, 9.17) is 5.73 Å². The first-order chi connectivity index (χ1) is 8.21. The van der Waals surface area contributed by atoms with Crippen LogP contribution in [-0.2, 0) is 6.42 Å². The van der Waals surface area contributed by atoms with E-state index in [1.54, 1.807) is 0 Å². The summed E-state index contributed by atoms with van der Waals surface area (Å²) in [4.78, 5) is 12.8. The molecule has 0 radical (unpaired) electrons. The van der Waals surface area contributed by atoms with E-state index in [1.165, 1.54) is 0 Å². The molecule has 0 unspecified atom stereocenters. The molecule has 102 valence electrons. The topological polar surface area (TPSA) is 80.9 Å². The van der Waals surface area contributed by atoms with Crippen LogP contribution < -0.4 is 11.1 Å². The van der Waals surface area contributed by atoms with Crippen molar-refractivity contribution in [1.29, 1.82) is 0 Å². The highest BCUT2D eigenvalue weighted by atomic mass is 35.5. The molecular weight excluding hydrogens is 272 g/mol. The summed E-state index contributed by atoms with van der Waals surface area (Å²) >= 11 is 1.16. The van der Waals surface area contributed by atoms with Crippen molar-refractivity contribution in [1.82, 2.24) is 14.9 Å². The fourth-order valence-corrected chi connectivity index (χ4v) is 2.99. The van der Waals surface area contributed by atoms with Crippen LogP contribution in [0.15, 0.2) is 0 Å². The summed E-state index contributed by atoms with van der Waals surface area (Å²) in [5.74, 6) is -0.0656. The van der Waals surface area contributed by atoms with Crippen LogP contribution in [0.1, 0.15) is 48.0 Å². The summed E-state index contributed by atoms with van der Waals surface area (Å²) in [6.45, 7) is 2.48. The summed E-state index contributed by atoms with van der Waals surface area (Å²) in [6.07, 6.45) is 4.96. The Kier molecular flexibility index (Phi) is 5.49. The van der Waals surface area contributed by atoms with Crippen LogP contribution >= 0.6 is 23.9 Å². The molecule has 0 aliphatic heterocycles. The Bertz CT molecular complexity index is 404. The molecule has 2 rings (SSSR count). The van der Waals surface area contributed by atoms with E-state index in [-0.39, 0.29) is 23.9 Å². The Morgan fingerprint density at radius 1 is 1.50 bits per heavy atom. The first kappa shape index (κ1) is 15.3. The molecule has 1 aliphatic rings. The van der Waals surface area contributed by atoms with Crippen molar-refractivity contribution in [2.45, 2.75) is 44.6 Å². The molecule has 1 aromatic heterocycles. The smallest absolute Gasteiger partial charge is 0.265 e.